The van der Waals surface area contributed by atoms with Gasteiger partial charge in [0.05, 0.1) is 6.54 Å². The molecule has 9 heteroatoms. The number of carbonyl (C=O) groups excluding carboxylic acids is 1. The van der Waals surface area contributed by atoms with Crippen LogP contribution in [0.15, 0.2) is 53.7 Å². The van der Waals surface area contributed by atoms with Gasteiger partial charge in [0.25, 0.3) is 5.91 Å². The lowest BCUT2D eigenvalue weighted by molar-refractivity contribution is -0.130. The summed E-state index contributed by atoms with van der Waals surface area (Å²) in [5.41, 5.74) is 0.757. The van der Waals surface area contributed by atoms with Crippen molar-refractivity contribution in [2.45, 2.75) is 49.9 Å². The Balaban J connectivity index is 1.29. The highest BCUT2D eigenvalue weighted by Crippen LogP contribution is 2.32. The molecule has 34 heavy (non-hydrogen) atoms. The molecule has 2 aliphatic rings. The van der Waals surface area contributed by atoms with E-state index in [-0.39, 0.29) is 24.9 Å². The third-order valence-corrected chi connectivity index (χ3v) is 7.34. The van der Waals surface area contributed by atoms with Gasteiger partial charge in [-0.1, -0.05) is 43.2 Å². The minimum Gasteiger partial charge on any atom is -0.485 e. The summed E-state index contributed by atoms with van der Waals surface area (Å²) in [5.74, 6) is 2.79. The van der Waals surface area contributed by atoms with E-state index < -0.39 is 6.10 Å². The molecule has 7 nitrogen and oxygen atoms in total. The molecule has 5 rings (SSSR count). The number of nitrogens with one attached hydrogen (secondary N) is 1. The molecule has 1 fully saturated rings. The van der Waals surface area contributed by atoms with Crippen molar-refractivity contribution < 1.29 is 18.7 Å². The van der Waals surface area contributed by atoms with E-state index in [9.17, 15) is 9.18 Å². The van der Waals surface area contributed by atoms with Crippen molar-refractivity contribution in [3.8, 4) is 17.2 Å². The highest BCUT2D eigenvalue weighted by Gasteiger charge is 2.28. The molecule has 3 aromatic rings. The summed E-state index contributed by atoms with van der Waals surface area (Å²) in [6.45, 7) is 0.296. The van der Waals surface area contributed by atoms with Crippen molar-refractivity contribution in [3.05, 3.63) is 60.2 Å². The van der Waals surface area contributed by atoms with Crippen molar-refractivity contribution in [1.29, 1.82) is 0 Å². The van der Waals surface area contributed by atoms with Crippen molar-refractivity contribution in [2.24, 2.45) is 5.92 Å². The minimum atomic E-state index is -0.753. The summed E-state index contributed by atoms with van der Waals surface area (Å²) in [7, 11) is 0. The summed E-state index contributed by atoms with van der Waals surface area (Å²) in [4.78, 5) is 12.8. The fourth-order valence-corrected chi connectivity index (χ4v) is 5.49. The summed E-state index contributed by atoms with van der Waals surface area (Å²) < 4.78 is 26.9. The van der Waals surface area contributed by atoms with Crippen LogP contribution < -0.4 is 14.8 Å². The van der Waals surface area contributed by atoms with E-state index in [0.717, 1.165) is 16.6 Å². The number of para-hydroxylation sites is 2. The average Bonchev–Trinajstić information content (AvgIpc) is 3.29. The SMILES string of the molecule is O=C(NCc1nnc(SCC2CCCCC2)n1-c1ccc(F)cc1)[C@@H]1COc2ccccc2O1. The number of nitrogens with zero attached hydrogens (tertiary/aromatic N) is 3. The van der Waals surface area contributed by atoms with E-state index in [1.54, 1.807) is 36.0 Å². The Bertz CT molecular complexity index is 1130. The maximum atomic E-state index is 13.6. The van der Waals surface area contributed by atoms with Crippen LogP contribution in [0.2, 0.25) is 0 Å². The predicted octanol–water partition coefficient (Wildman–Crippen LogP) is 4.54. The number of rotatable bonds is 7. The lowest BCUT2D eigenvalue weighted by atomic mass is 9.91. The first-order valence-electron chi connectivity index (χ1n) is 11.7. The third kappa shape index (κ3) is 5.19. The molecular formula is C25H27FN4O3S. The lowest BCUT2D eigenvalue weighted by Gasteiger charge is -2.25. The fourth-order valence-electron chi connectivity index (χ4n) is 4.33. The Morgan fingerprint density at radius 1 is 1.06 bits per heavy atom. The van der Waals surface area contributed by atoms with Crippen molar-refractivity contribution >= 4 is 17.7 Å². The molecule has 1 amide bonds. The number of ether oxygens (including phenoxy) is 2. The van der Waals surface area contributed by atoms with Crippen LogP contribution >= 0.6 is 11.8 Å². The minimum absolute atomic E-state index is 0.135. The van der Waals surface area contributed by atoms with Gasteiger partial charge in [0.1, 0.15) is 12.4 Å². The largest absolute Gasteiger partial charge is 0.485 e. The monoisotopic (exact) mass is 482 g/mol. The first-order valence-corrected chi connectivity index (χ1v) is 12.6. The fraction of sp³-hybridized carbons (Fsp3) is 0.400. The number of amides is 1. The molecule has 178 valence electrons. The molecule has 2 aromatic carbocycles. The van der Waals surface area contributed by atoms with Gasteiger partial charge in [0.2, 0.25) is 6.10 Å². The number of thioether (sulfide) groups is 1. The number of halogens is 1. The highest BCUT2D eigenvalue weighted by atomic mass is 32.2. The molecule has 1 N–H and O–H groups in total. The summed E-state index contributed by atoms with van der Waals surface area (Å²) in [6, 6.07) is 13.5. The van der Waals surface area contributed by atoms with Crippen molar-refractivity contribution in [1.82, 2.24) is 20.1 Å². The maximum Gasteiger partial charge on any atom is 0.265 e. The van der Waals surface area contributed by atoms with E-state index in [4.69, 9.17) is 9.47 Å². The maximum absolute atomic E-state index is 13.6. The van der Waals surface area contributed by atoms with Crippen LogP contribution in [0.25, 0.3) is 5.69 Å². The van der Waals surface area contributed by atoms with Gasteiger partial charge in [-0.25, -0.2) is 4.39 Å². The molecule has 1 aliphatic heterocycles. The van der Waals surface area contributed by atoms with Crippen LogP contribution in [0.1, 0.15) is 37.9 Å². The number of hydrogen-bond donors (Lipinski definition) is 1. The second-order valence-corrected chi connectivity index (χ2v) is 9.59. The Kier molecular flexibility index (Phi) is 6.99. The first kappa shape index (κ1) is 22.7. The summed E-state index contributed by atoms with van der Waals surface area (Å²) >= 11 is 1.67. The standard InChI is InChI=1S/C25H27FN4O3S/c26-18-10-12-19(13-11-18)30-23(28-29-25(30)34-16-17-6-2-1-3-7-17)14-27-24(31)22-15-32-20-8-4-5-9-21(20)33-22/h4-5,8-13,17,22H,1-3,6-7,14-16H2,(H,27,31)/t22-/m0/s1. The van der Waals surface area contributed by atoms with E-state index >= 15 is 0 Å². The van der Waals surface area contributed by atoms with Crippen molar-refractivity contribution in [3.63, 3.8) is 0 Å². The van der Waals surface area contributed by atoms with Crippen molar-refractivity contribution in [2.75, 3.05) is 12.4 Å². The van der Waals surface area contributed by atoms with E-state index in [0.29, 0.717) is 23.2 Å². The molecule has 0 spiro atoms. The smallest absolute Gasteiger partial charge is 0.265 e. The number of hydrogen-bond acceptors (Lipinski definition) is 6. The molecule has 0 unspecified atom stereocenters. The van der Waals surface area contributed by atoms with E-state index in [1.165, 1.54) is 44.2 Å². The Labute approximate surface area is 202 Å². The summed E-state index contributed by atoms with van der Waals surface area (Å²) in [6.07, 6.45) is 5.62. The zero-order valence-corrected chi connectivity index (χ0v) is 19.6. The molecule has 1 aromatic heterocycles. The van der Waals surface area contributed by atoms with Crippen LogP contribution in [0.4, 0.5) is 4.39 Å². The molecule has 2 heterocycles. The lowest BCUT2D eigenvalue weighted by Crippen LogP contribution is -2.44. The van der Waals surface area contributed by atoms with Crippen LogP contribution in [-0.4, -0.2) is 39.1 Å². The first-order chi connectivity index (χ1) is 16.7. The van der Waals surface area contributed by atoms with Gasteiger partial charge in [0.15, 0.2) is 22.5 Å². The number of fused-ring (bicyclic) bond motifs is 1. The molecule has 0 saturated heterocycles. The number of aromatic nitrogens is 3. The summed E-state index contributed by atoms with van der Waals surface area (Å²) in [5, 5.41) is 12.4. The Morgan fingerprint density at radius 2 is 1.82 bits per heavy atom. The van der Waals surface area contributed by atoms with E-state index in [2.05, 4.69) is 15.5 Å². The zero-order chi connectivity index (χ0) is 23.3. The third-order valence-electron chi connectivity index (χ3n) is 6.18. The van der Waals surface area contributed by atoms with Gasteiger partial charge in [-0.15, -0.1) is 10.2 Å². The van der Waals surface area contributed by atoms with Gasteiger partial charge >= 0.3 is 0 Å². The second kappa shape index (κ2) is 10.5. The van der Waals surface area contributed by atoms with Crippen LogP contribution in [0, 0.1) is 11.7 Å². The predicted molar refractivity (Wildman–Crippen MR) is 127 cm³/mol. The Hall–Kier alpha value is -3.07. The van der Waals surface area contributed by atoms with Crippen LogP contribution in [-0.2, 0) is 11.3 Å². The van der Waals surface area contributed by atoms with Crippen LogP contribution in [0.5, 0.6) is 11.5 Å². The van der Waals surface area contributed by atoms with Gasteiger partial charge in [-0.2, -0.15) is 0 Å². The normalized spacial score (nSPS) is 18.0. The zero-order valence-electron chi connectivity index (χ0n) is 18.8. The van der Waals surface area contributed by atoms with E-state index in [1.807, 2.05) is 16.7 Å². The quantitative estimate of drug-likeness (QED) is 0.499. The second-order valence-electron chi connectivity index (χ2n) is 8.61. The average molecular weight is 483 g/mol. The molecule has 0 bridgehead atoms. The molecule has 1 aliphatic carbocycles. The Morgan fingerprint density at radius 3 is 2.62 bits per heavy atom. The van der Waals surface area contributed by atoms with Gasteiger partial charge in [-0.05, 0) is 55.2 Å². The van der Waals surface area contributed by atoms with Gasteiger partial charge in [0, 0.05) is 11.4 Å². The topological polar surface area (TPSA) is 78.3 Å². The molecule has 0 radical (unpaired) electrons. The van der Waals surface area contributed by atoms with Gasteiger partial charge < -0.3 is 14.8 Å². The van der Waals surface area contributed by atoms with Crippen LogP contribution in [0.3, 0.4) is 0 Å². The molecule has 1 saturated carbocycles. The molecular weight excluding hydrogens is 455 g/mol. The highest BCUT2D eigenvalue weighted by molar-refractivity contribution is 7.99. The number of carbonyl (C=O) groups is 1. The number of benzene rings is 2. The van der Waals surface area contributed by atoms with Gasteiger partial charge in [-0.3, -0.25) is 9.36 Å². The molecule has 1 atom stereocenters.